The summed E-state index contributed by atoms with van der Waals surface area (Å²) in [6, 6.07) is 5.29. The van der Waals surface area contributed by atoms with E-state index in [0.29, 0.717) is 11.3 Å². The van der Waals surface area contributed by atoms with Crippen molar-refractivity contribution in [2.45, 2.75) is 44.8 Å². The molecule has 1 saturated carbocycles. The fourth-order valence-corrected chi connectivity index (χ4v) is 2.26. The summed E-state index contributed by atoms with van der Waals surface area (Å²) in [5.74, 6) is 0.577. The summed E-state index contributed by atoms with van der Waals surface area (Å²) in [5.41, 5.74) is 6.59. The van der Waals surface area contributed by atoms with Crippen molar-refractivity contribution < 1.29 is 9.66 Å². The summed E-state index contributed by atoms with van der Waals surface area (Å²) >= 11 is 0. The van der Waals surface area contributed by atoms with E-state index in [2.05, 4.69) is 0 Å². The molecule has 1 aromatic rings. The summed E-state index contributed by atoms with van der Waals surface area (Å²) < 4.78 is 5.79. The Morgan fingerprint density at radius 1 is 1.33 bits per heavy atom. The molecule has 1 fully saturated rings. The summed E-state index contributed by atoms with van der Waals surface area (Å²) in [6.07, 6.45) is 3.88. The Morgan fingerprint density at radius 3 is 2.61 bits per heavy atom. The highest BCUT2D eigenvalue weighted by molar-refractivity contribution is 5.45. The van der Waals surface area contributed by atoms with Gasteiger partial charge in [-0.1, -0.05) is 0 Å². The second-order valence-electron chi connectivity index (χ2n) is 4.86. The molecule has 0 radical (unpaired) electrons. The van der Waals surface area contributed by atoms with Crippen LogP contribution < -0.4 is 10.5 Å². The van der Waals surface area contributed by atoms with Crippen LogP contribution in [0, 0.1) is 17.0 Å². The Balaban J connectivity index is 2.05. The summed E-state index contributed by atoms with van der Waals surface area (Å²) in [4.78, 5) is 10.5. The van der Waals surface area contributed by atoms with Crippen LogP contribution in [-0.2, 0) is 0 Å². The molecule has 0 saturated heterocycles. The topological polar surface area (TPSA) is 78.4 Å². The summed E-state index contributed by atoms with van der Waals surface area (Å²) in [7, 11) is 0. The number of nitro benzene ring substituents is 1. The van der Waals surface area contributed by atoms with Gasteiger partial charge in [-0.3, -0.25) is 10.1 Å². The van der Waals surface area contributed by atoms with Crippen molar-refractivity contribution >= 4 is 5.69 Å². The maximum Gasteiger partial charge on any atom is 0.276 e. The highest BCUT2D eigenvalue weighted by atomic mass is 16.6. The molecule has 1 aromatic carbocycles. The van der Waals surface area contributed by atoms with Crippen molar-refractivity contribution in [2.24, 2.45) is 5.73 Å². The highest BCUT2D eigenvalue weighted by Crippen LogP contribution is 2.27. The number of hydrogen-bond donors (Lipinski definition) is 1. The van der Waals surface area contributed by atoms with Crippen LogP contribution in [0.4, 0.5) is 5.69 Å². The molecular formula is C13H18N2O3. The molecule has 5 nitrogen and oxygen atoms in total. The fraction of sp³-hybridized carbons (Fsp3) is 0.538. The van der Waals surface area contributed by atoms with Crippen molar-refractivity contribution in [3.63, 3.8) is 0 Å². The van der Waals surface area contributed by atoms with E-state index < -0.39 is 0 Å². The van der Waals surface area contributed by atoms with Gasteiger partial charge in [0.05, 0.1) is 17.1 Å². The third-order valence-electron chi connectivity index (χ3n) is 3.40. The number of hydrogen-bond acceptors (Lipinski definition) is 4. The number of nitrogens with zero attached hydrogens (tertiary/aromatic N) is 1. The molecule has 5 heteroatoms. The van der Waals surface area contributed by atoms with E-state index in [1.807, 2.05) is 0 Å². The average molecular weight is 250 g/mol. The first kappa shape index (κ1) is 12.8. The molecule has 0 atom stereocenters. The van der Waals surface area contributed by atoms with E-state index in [0.717, 1.165) is 25.7 Å². The fourth-order valence-electron chi connectivity index (χ4n) is 2.26. The van der Waals surface area contributed by atoms with Crippen molar-refractivity contribution in [3.05, 3.63) is 33.9 Å². The van der Waals surface area contributed by atoms with E-state index in [4.69, 9.17) is 10.5 Å². The highest BCUT2D eigenvalue weighted by Gasteiger charge is 2.21. The molecule has 2 N–H and O–H groups in total. The van der Waals surface area contributed by atoms with Crippen molar-refractivity contribution in [1.29, 1.82) is 0 Å². The predicted molar refractivity (Wildman–Crippen MR) is 68.7 cm³/mol. The van der Waals surface area contributed by atoms with Crippen LogP contribution in [0.25, 0.3) is 0 Å². The third kappa shape index (κ3) is 2.98. The molecule has 0 unspecified atom stereocenters. The van der Waals surface area contributed by atoms with Crippen molar-refractivity contribution in [1.82, 2.24) is 0 Å². The van der Waals surface area contributed by atoms with Crippen LogP contribution in [0.3, 0.4) is 0 Å². The van der Waals surface area contributed by atoms with Gasteiger partial charge in [0.2, 0.25) is 0 Å². The van der Waals surface area contributed by atoms with Crippen LogP contribution >= 0.6 is 0 Å². The maximum atomic E-state index is 10.8. The third-order valence-corrected chi connectivity index (χ3v) is 3.40. The van der Waals surface area contributed by atoms with Gasteiger partial charge in [0.1, 0.15) is 5.75 Å². The molecule has 0 heterocycles. The maximum absolute atomic E-state index is 10.8. The molecule has 18 heavy (non-hydrogen) atoms. The second-order valence-corrected chi connectivity index (χ2v) is 4.86. The Morgan fingerprint density at radius 2 is 2.00 bits per heavy atom. The molecule has 0 amide bonds. The number of ether oxygens (including phenoxy) is 1. The first-order valence-corrected chi connectivity index (χ1v) is 6.23. The number of nitrogens with two attached hydrogens (primary N) is 1. The van der Waals surface area contributed by atoms with Gasteiger partial charge in [0, 0.05) is 11.6 Å². The minimum atomic E-state index is -0.376. The Bertz CT molecular complexity index is 440. The first-order chi connectivity index (χ1) is 8.56. The van der Waals surface area contributed by atoms with Gasteiger partial charge < -0.3 is 10.5 Å². The zero-order valence-electron chi connectivity index (χ0n) is 10.5. The van der Waals surface area contributed by atoms with Gasteiger partial charge in [-0.2, -0.15) is 0 Å². The second kappa shape index (κ2) is 5.35. The molecule has 2 rings (SSSR count). The quantitative estimate of drug-likeness (QED) is 0.660. The lowest BCUT2D eigenvalue weighted by Gasteiger charge is -2.26. The smallest absolute Gasteiger partial charge is 0.276 e. The van der Waals surface area contributed by atoms with Crippen LogP contribution in [-0.4, -0.2) is 17.1 Å². The Labute approximate surface area is 106 Å². The number of aryl methyl sites for hydroxylation is 1. The molecule has 0 aromatic heterocycles. The SMILES string of the molecule is Cc1ccc(OC2CCC(N)CC2)cc1[N+](=O)[O-]. The lowest BCUT2D eigenvalue weighted by Crippen LogP contribution is -2.31. The largest absolute Gasteiger partial charge is 0.490 e. The Kier molecular flexibility index (Phi) is 3.81. The molecule has 98 valence electrons. The van der Waals surface area contributed by atoms with E-state index in [9.17, 15) is 10.1 Å². The average Bonchev–Trinajstić information content (AvgIpc) is 2.34. The van der Waals surface area contributed by atoms with Crippen LogP contribution in [0.1, 0.15) is 31.2 Å². The van der Waals surface area contributed by atoms with E-state index >= 15 is 0 Å². The van der Waals surface area contributed by atoms with Crippen LogP contribution in [0.5, 0.6) is 5.75 Å². The molecule has 0 spiro atoms. The van der Waals surface area contributed by atoms with Crippen LogP contribution in [0.15, 0.2) is 18.2 Å². The Hall–Kier alpha value is -1.62. The zero-order valence-corrected chi connectivity index (χ0v) is 10.5. The molecular weight excluding hydrogens is 232 g/mol. The van der Waals surface area contributed by atoms with Crippen molar-refractivity contribution in [3.8, 4) is 5.75 Å². The van der Waals surface area contributed by atoms with E-state index in [1.54, 1.807) is 19.1 Å². The first-order valence-electron chi connectivity index (χ1n) is 6.23. The van der Waals surface area contributed by atoms with Gasteiger partial charge in [-0.25, -0.2) is 0 Å². The van der Waals surface area contributed by atoms with Gasteiger partial charge >= 0.3 is 0 Å². The lowest BCUT2D eigenvalue weighted by atomic mass is 9.94. The minimum absolute atomic E-state index is 0.111. The van der Waals surface area contributed by atoms with Gasteiger partial charge in [-0.05, 0) is 44.7 Å². The number of rotatable bonds is 3. The van der Waals surface area contributed by atoms with Gasteiger partial charge in [0.15, 0.2) is 0 Å². The molecule has 0 bridgehead atoms. The minimum Gasteiger partial charge on any atom is -0.490 e. The van der Waals surface area contributed by atoms with Gasteiger partial charge in [-0.15, -0.1) is 0 Å². The number of benzene rings is 1. The molecule has 0 aliphatic heterocycles. The summed E-state index contributed by atoms with van der Waals surface area (Å²) in [6.45, 7) is 1.72. The summed E-state index contributed by atoms with van der Waals surface area (Å²) in [5, 5.41) is 10.8. The number of nitro groups is 1. The van der Waals surface area contributed by atoms with E-state index in [1.165, 1.54) is 6.07 Å². The van der Waals surface area contributed by atoms with Crippen LogP contribution in [0.2, 0.25) is 0 Å². The standard InChI is InChI=1S/C13H18N2O3/c1-9-2-5-12(8-13(9)15(16)17)18-11-6-3-10(14)4-7-11/h2,5,8,10-11H,3-4,6-7,14H2,1H3. The van der Waals surface area contributed by atoms with Gasteiger partial charge in [0.25, 0.3) is 5.69 Å². The normalized spacial score (nSPS) is 23.7. The lowest BCUT2D eigenvalue weighted by molar-refractivity contribution is -0.385. The van der Waals surface area contributed by atoms with Crippen molar-refractivity contribution in [2.75, 3.05) is 0 Å². The monoisotopic (exact) mass is 250 g/mol. The molecule has 1 aliphatic carbocycles. The predicted octanol–water partition coefficient (Wildman–Crippen LogP) is 2.55. The molecule has 1 aliphatic rings. The van der Waals surface area contributed by atoms with E-state index in [-0.39, 0.29) is 22.8 Å². The zero-order chi connectivity index (χ0) is 13.1.